The predicted molar refractivity (Wildman–Crippen MR) is 111 cm³/mol. The van der Waals surface area contributed by atoms with Gasteiger partial charge >= 0.3 is 6.01 Å². The maximum Gasteiger partial charge on any atom is 0.322 e. The highest BCUT2D eigenvalue weighted by molar-refractivity contribution is 7.99. The van der Waals surface area contributed by atoms with Gasteiger partial charge in [-0.1, -0.05) is 36.3 Å². The molecule has 0 aliphatic rings. The summed E-state index contributed by atoms with van der Waals surface area (Å²) in [6, 6.07) is 14.0. The number of hydrogen-bond donors (Lipinski definition) is 1. The fraction of sp³-hybridized carbons (Fsp3) is 0.150. The number of benzene rings is 2. The second-order valence-corrected chi connectivity index (χ2v) is 7.27. The Morgan fingerprint density at radius 3 is 2.76 bits per heavy atom. The lowest BCUT2D eigenvalue weighted by atomic mass is 10.1. The molecule has 0 aliphatic heterocycles. The van der Waals surface area contributed by atoms with Crippen LogP contribution in [0.4, 0.5) is 11.7 Å². The maximum atomic E-state index is 12.0. The van der Waals surface area contributed by atoms with Crippen molar-refractivity contribution in [2.24, 2.45) is 0 Å². The molecule has 3 rings (SSSR count). The van der Waals surface area contributed by atoms with Gasteiger partial charge in [0.25, 0.3) is 11.6 Å². The van der Waals surface area contributed by atoms with E-state index in [1.807, 2.05) is 24.3 Å². The van der Waals surface area contributed by atoms with Crippen LogP contribution >= 0.6 is 11.8 Å². The van der Waals surface area contributed by atoms with E-state index in [2.05, 4.69) is 22.4 Å². The van der Waals surface area contributed by atoms with Gasteiger partial charge in [-0.3, -0.25) is 20.2 Å². The average molecular weight is 410 g/mol. The second-order valence-electron chi connectivity index (χ2n) is 5.93. The van der Waals surface area contributed by atoms with E-state index in [4.69, 9.17) is 4.42 Å². The molecule has 8 nitrogen and oxygen atoms in total. The maximum absolute atomic E-state index is 12.0. The number of nitrogens with zero attached hydrogens (tertiary/aromatic N) is 3. The van der Waals surface area contributed by atoms with Crippen LogP contribution in [0.5, 0.6) is 0 Å². The Balaban J connectivity index is 1.57. The molecule has 0 saturated carbocycles. The topological polar surface area (TPSA) is 111 Å². The molecule has 0 fully saturated rings. The Morgan fingerprint density at radius 2 is 2.03 bits per heavy atom. The van der Waals surface area contributed by atoms with Gasteiger partial charge in [-0.15, -0.1) is 16.9 Å². The van der Waals surface area contributed by atoms with E-state index in [0.717, 1.165) is 11.3 Å². The quantitative estimate of drug-likeness (QED) is 0.254. The third-order valence-electron chi connectivity index (χ3n) is 3.79. The van der Waals surface area contributed by atoms with Crippen LogP contribution in [-0.2, 0) is 11.2 Å². The third kappa shape index (κ3) is 6.01. The molecule has 29 heavy (non-hydrogen) atoms. The number of amides is 1. The summed E-state index contributed by atoms with van der Waals surface area (Å²) in [5, 5.41) is 21.0. The zero-order chi connectivity index (χ0) is 20.6. The monoisotopic (exact) mass is 410 g/mol. The summed E-state index contributed by atoms with van der Waals surface area (Å²) in [7, 11) is 0. The van der Waals surface area contributed by atoms with Gasteiger partial charge in [0.1, 0.15) is 0 Å². The van der Waals surface area contributed by atoms with Crippen molar-refractivity contribution >= 4 is 35.4 Å². The van der Waals surface area contributed by atoms with Gasteiger partial charge < -0.3 is 4.42 Å². The summed E-state index contributed by atoms with van der Waals surface area (Å²) in [4.78, 5) is 23.5. The summed E-state index contributed by atoms with van der Waals surface area (Å²) >= 11 is 1.77. The summed E-state index contributed by atoms with van der Waals surface area (Å²) in [5.74, 6) is 0.924. The van der Waals surface area contributed by atoms with Crippen molar-refractivity contribution in [2.75, 3.05) is 11.1 Å². The van der Waals surface area contributed by atoms with E-state index >= 15 is 0 Å². The number of rotatable bonds is 8. The van der Waals surface area contributed by atoms with Crippen LogP contribution in [0.1, 0.15) is 23.9 Å². The van der Waals surface area contributed by atoms with Crippen LogP contribution in [0.3, 0.4) is 0 Å². The van der Waals surface area contributed by atoms with Crippen LogP contribution in [-0.4, -0.2) is 26.8 Å². The van der Waals surface area contributed by atoms with Crippen molar-refractivity contribution in [2.45, 2.75) is 18.2 Å². The molecular formula is C20H18N4O4S. The van der Waals surface area contributed by atoms with Crippen molar-refractivity contribution in [3.05, 3.63) is 81.7 Å². The zero-order valence-electron chi connectivity index (χ0n) is 15.6. The average Bonchev–Trinajstić information content (AvgIpc) is 3.15. The van der Waals surface area contributed by atoms with Crippen LogP contribution in [0.15, 0.2) is 63.9 Å². The summed E-state index contributed by atoms with van der Waals surface area (Å²) in [5.41, 5.74) is 1.51. The molecule has 0 bridgehead atoms. The first kappa shape index (κ1) is 20.3. The molecule has 9 heteroatoms. The Hall–Kier alpha value is -3.46. The summed E-state index contributed by atoms with van der Waals surface area (Å²) in [6.07, 6.45) is 3.17. The molecule has 0 atom stereocenters. The van der Waals surface area contributed by atoms with Crippen molar-refractivity contribution < 1.29 is 14.1 Å². The van der Waals surface area contributed by atoms with E-state index < -0.39 is 10.8 Å². The molecule has 148 valence electrons. The first-order valence-electron chi connectivity index (χ1n) is 8.81. The molecule has 1 heterocycles. The molecule has 0 saturated heterocycles. The minimum absolute atomic E-state index is 0.00755. The molecule has 1 aromatic heterocycles. The molecule has 0 aliphatic carbocycles. The standard InChI is InChI=1S/C20H18N4O4S/c1-2-29-17-9-6-15(7-10-17)13-19-22-23-20(28-19)21-18(25)11-8-14-4-3-5-16(12-14)24(26)27/h3-12H,2,13H2,1H3,(H,21,23,25)/b11-8+. The molecule has 0 unspecified atom stereocenters. The number of carbonyl (C=O) groups excluding carboxylic acids is 1. The molecule has 0 spiro atoms. The minimum Gasteiger partial charge on any atom is -0.407 e. The van der Waals surface area contributed by atoms with E-state index in [-0.39, 0.29) is 11.7 Å². The number of thioether (sulfide) groups is 1. The van der Waals surface area contributed by atoms with Gasteiger partial charge in [-0.05, 0) is 35.1 Å². The number of carbonyl (C=O) groups is 1. The Kier molecular flexibility index (Phi) is 6.75. The molecule has 2 aromatic carbocycles. The Labute approximate surface area is 171 Å². The highest BCUT2D eigenvalue weighted by atomic mass is 32.2. The second kappa shape index (κ2) is 9.65. The van der Waals surface area contributed by atoms with Gasteiger partial charge in [-0.25, -0.2) is 0 Å². The number of nitro benzene ring substituents is 1. The van der Waals surface area contributed by atoms with E-state index in [0.29, 0.717) is 17.9 Å². The SMILES string of the molecule is CCSc1ccc(Cc2nnc(NC(=O)/C=C/c3cccc([N+](=O)[O-])c3)o2)cc1. The summed E-state index contributed by atoms with van der Waals surface area (Å²) in [6.45, 7) is 2.10. The van der Waals surface area contributed by atoms with Gasteiger partial charge in [0.05, 0.1) is 11.3 Å². The molecule has 1 N–H and O–H groups in total. The molecule has 1 amide bonds. The number of anilines is 1. The highest BCUT2D eigenvalue weighted by Crippen LogP contribution is 2.19. The van der Waals surface area contributed by atoms with Crippen LogP contribution in [0, 0.1) is 10.1 Å². The largest absolute Gasteiger partial charge is 0.407 e. The highest BCUT2D eigenvalue weighted by Gasteiger charge is 2.09. The van der Waals surface area contributed by atoms with Crippen molar-refractivity contribution in [3.8, 4) is 0 Å². The lowest BCUT2D eigenvalue weighted by Crippen LogP contribution is -2.07. The fourth-order valence-electron chi connectivity index (χ4n) is 2.48. The van der Waals surface area contributed by atoms with Crippen molar-refractivity contribution in [3.63, 3.8) is 0 Å². The first-order chi connectivity index (χ1) is 14.0. The molecule has 3 aromatic rings. The molecular weight excluding hydrogens is 392 g/mol. The Morgan fingerprint density at radius 1 is 1.24 bits per heavy atom. The van der Waals surface area contributed by atoms with Gasteiger partial charge in [0.15, 0.2) is 0 Å². The number of nitrogens with one attached hydrogen (secondary N) is 1. The third-order valence-corrected chi connectivity index (χ3v) is 4.69. The predicted octanol–water partition coefficient (Wildman–Crippen LogP) is 4.33. The lowest BCUT2D eigenvalue weighted by molar-refractivity contribution is -0.384. The fourth-order valence-corrected chi connectivity index (χ4v) is 3.14. The number of aromatic nitrogens is 2. The van der Waals surface area contributed by atoms with Crippen LogP contribution < -0.4 is 5.32 Å². The summed E-state index contributed by atoms with van der Waals surface area (Å²) < 4.78 is 5.46. The number of nitro groups is 1. The van der Waals surface area contributed by atoms with Gasteiger partial charge in [-0.2, -0.15) is 0 Å². The number of non-ortho nitro benzene ring substituents is 1. The van der Waals surface area contributed by atoms with Gasteiger partial charge in [0, 0.05) is 23.1 Å². The zero-order valence-corrected chi connectivity index (χ0v) is 16.4. The molecule has 0 radical (unpaired) electrons. The normalized spacial score (nSPS) is 10.9. The van der Waals surface area contributed by atoms with Crippen LogP contribution in [0.25, 0.3) is 6.08 Å². The Bertz CT molecular complexity index is 1030. The van der Waals surface area contributed by atoms with E-state index in [1.54, 1.807) is 23.9 Å². The van der Waals surface area contributed by atoms with E-state index in [9.17, 15) is 14.9 Å². The van der Waals surface area contributed by atoms with Crippen molar-refractivity contribution in [1.29, 1.82) is 0 Å². The number of hydrogen-bond acceptors (Lipinski definition) is 7. The minimum atomic E-state index is -0.492. The lowest BCUT2D eigenvalue weighted by Gasteiger charge is -2.00. The van der Waals surface area contributed by atoms with Crippen molar-refractivity contribution in [1.82, 2.24) is 10.2 Å². The van der Waals surface area contributed by atoms with Gasteiger partial charge in [0.2, 0.25) is 5.89 Å². The van der Waals surface area contributed by atoms with E-state index in [1.165, 1.54) is 29.2 Å². The van der Waals surface area contributed by atoms with Crippen LogP contribution in [0.2, 0.25) is 0 Å². The smallest absolute Gasteiger partial charge is 0.322 e. The first-order valence-corrected chi connectivity index (χ1v) is 9.79.